The molecule has 1 aromatic rings. The molecule has 3 nitrogen and oxygen atoms in total. The van der Waals surface area contributed by atoms with Gasteiger partial charge in [0.1, 0.15) is 9.84 Å². The first-order valence-electron chi connectivity index (χ1n) is 5.28. The summed E-state index contributed by atoms with van der Waals surface area (Å²) in [5.74, 6) is 0.195. The Balaban J connectivity index is 2.21. The fourth-order valence-electron chi connectivity index (χ4n) is 1.42. The number of sulfone groups is 1. The molecular formula is C12H18O3S. The first-order valence-corrected chi connectivity index (χ1v) is 7.34. The lowest BCUT2D eigenvalue weighted by molar-refractivity contribution is 0.122. The van der Waals surface area contributed by atoms with Gasteiger partial charge in [-0.05, 0) is 18.9 Å². The van der Waals surface area contributed by atoms with Gasteiger partial charge in [-0.25, -0.2) is 8.42 Å². The van der Waals surface area contributed by atoms with Crippen molar-refractivity contribution in [1.82, 2.24) is 0 Å². The summed E-state index contributed by atoms with van der Waals surface area (Å²) in [5, 5.41) is 0. The van der Waals surface area contributed by atoms with Crippen LogP contribution >= 0.6 is 0 Å². The van der Waals surface area contributed by atoms with E-state index >= 15 is 0 Å². The van der Waals surface area contributed by atoms with Crippen molar-refractivity contribution in [2.45, 2.75) is 20.0 Å². The summed E-state index contributed by atoms with van der Waals surface area (Å²) in [6, 6.07) is 8.10. The summed E-state index contributed by atoms with van der Waals surface area (Å²) < 4.78 is 27.1. The van der Waals surface area contributed by atoms with Crippen LogP contribution in [-0.4, -0.2) is 27.0 Å². The maximum Gasteiger partial charge on any atom is 0.147 e. The Kier molecular flexibility index (Phi) is 4.96. The lowest BCUT2D eigenvalue weighted by atomic mass is 10.1. The quantitative estimate of drug-likeness (QED) is 0.716. The Labute approximate surface area is 97.4 Å². The van der Waals surface area contributed by atoms with Crippen LogP contribution in [0.3, 0.4) is 0 Å². The van der Waals surface area contributed by atoms with E-state index < -0.39 is 9.84 Å². The maximum absolute atomic E-state index is 10.9. The van der Waals surface area contributed by atoms with E-state index in [1.54, 1.807) is 0 Å². The SMILES string of the molecule is Cc1cccc(COCCCS(C)(=O)=O)c1. The summed E-state index contributed by atoms with van der Waals surface area (Å²) in [7, 11) is -2.86. The second-order valence-electron chi connectivity index (χ2n) is 4.03. The summed E-state index contributed by atoms with van der Waals surface area (Å²) in [5.41, 5.74) is 2.33. The number of hydrogen-bond acceptors (Lipinski definition) is 3. The molecule has 16 heavy (non-hydrogen) atoms. The molecule has 0 aliphatic rings. The zero-order valence-electron chi connectivity index (χ0n) is 9.77. The predicted octanol–water partition coefficient (Wildman–Crippen LogP) is 1.95. The molecule has 0 fully saturated rings. The minimum absolute atomic E-state index is 0.195. The van der Waals surface area contributed by atoms with E-state index in [0.29, 0.717) is 19.6 Å². The molecule has 1 aromatic carbocycles. The molecule has 0 heterocycles. The van der Waals surface area contributed by atoms with Crippen molar-refractivity contribution >= 4 is 9.84 Å². The summed E-state index contributed by atoms with van der Waals surface area (Å²) >= 11 is 0. The standard InChI is InChI=1S/C12H18O3S/c1-11-5-3-6-12(9-11)10-15-7-4-8-16(2,13)14/h3,5-6,9H,4,7-8,10H2,1-2H3. The van der Waals surface area contributed by atoms with Crippen molar-refractivity contribution in [3.05, 3.63) is 35.4 Å². The lowest BCUT2D eigenvalue weighted by Crippen LogP contribution is -2.06. The van der Waals surface area contributed by atoms with E-state index in [4.69, 9.17) is 4.74 Å². The van der Waals surface area contributed by atoms with Crippen LogP contribution in [0.1, 0.15) is 17.5 Å². The fraction of sp³-hybridized carbons (Fsp3) is 0.500. The van der Waals surface area contributed by atoms with Gasteiger partial charge in [0.05, 0.1) is 12.4 Å². The van der Waals surface area contributed by atoms with Gasteiger partial charge in [-0.2, -0.15) is 0 Å². The molecule has 0 saturated carbocycles. The highest BCUT2D eigenvalue weighted by Crippen LogP contribution is 2.05. The summed E-state index contributed by atoms with van der Waals surface area (Å²) in [6.45, 7) is 3.07. The second-order valence-corrected chi connectivity index (χ2v) is 6.28. The van der Waals surface area contributed by atoms with Gasteiger partial charge in [-0.1, -0.05) is 29.8 Å². The average Bonchev–Trinajstić information content (AvgIpc) is 2.15. The normalized spacial score (nSPS) is 11.6. The molecule has 0 aliphatic carbocycles. The molecule has 1 rings (SSSR count). The molecule has 0 spiro atoms. The Hall–Kier alpha value is -0.870. The number of benzene rings is 1. The topological polar surface area (TPSA) is 43.4 Å². The van der Waals surface area contributed by atoms with Crippen molar-refractivity contribution < 1.29 is 13.2 Å². The van der Waals surface area contributed by atoms with Crippen molar-refractivity contribution in [1.29, 1.82) is 0 Å². The molecule has 0 amide bonds. The molecular weight excluding hydrogens is 224 g/mol. The van der Waals surface area contributed by atoms with Crippen LogP contribution in [0.15, 0.2) is 24.3 Å². The average molecular weight is 242 g/mol. The van der Waals surface area contributed by atoms with Gasteiger partial charge in [0.2, 0.25) is 0 Å². The number of rotatable bonds is 6. The Bertz CT molecular complexity index is 424. The number of ether oxygens (including phenoxy) is 1. The molecule has 4 heteroatoms. The monoisotopic (exact) mass is 242 g/mol. The van der Waals surface area contributed by atoms with Crippen LogP contribution < -0.4 is 0 Å². The third-order valence-electron chi connectivity index (χ3n) is 2.16. The second kappa shape index (κ2) is 6.01. The summed E-state index contributed by atoms with van der Waals surface area (Å²) in [6.07, 6.45) is 1.80. The molecule has 0 saturated heterocycles. The van der Waals surface area contributed by atoms with Crippen molar-refractivity contribution in [2.24, 2.45) is 0 Å². The molecule has 0 bridgehead atoms. The van der Waals surface area contributed by atoms with Gasteiger partial charge in [-0.3, -0.25) is 0 Å². The van der Waals surface area contributed by atoms with Crippen LogP contribution in [0, 0.1) is 6.92 Å². The summed E-state index contributed by atoms with van der Waals surface area (Å²) in [4.78, 5) is 0. The van der Waals surface area contributed by atoms with Gasteiger partial charge in [0, 0.05) is 12.9 Å². The van der Waals surface area contributed by atoms with E-state index in [9.17, 15) is 8.42 Å². The Morgan fingerprint density at radius 2 is 2.06 bits per heavy atom. The van der Waals surface area contributed by atoms with E-state index in [0.717, 1.165) is 5.56 Å². The molecule has 90 valence electrons. The highest BCUT2D eigenvalue weighted by Gasteiger charge is 2.01. The highest BCUT2D eigenvalue weighted by molar-refractivity contribution is 7.90. The van der Waals surface area contributed by atoms with Crippen molar-refractivity contribution in [2.75, 3.05) is 18.6 Å². The smallest absolute Gasteiger partial charge is 0.147 e. The largest absolute Gasteiger partial charge is 0.377 e. The Morgan fingerprint density at radius 3 is 2.69 bits per heavy atom. The zero-order valence-corrected chi connectivity index (χ0v) is 10.6. The van der Waals surface area contributed by atoms with Crippen LogP contribution in [0.25, 0.3) is 0 Å². The van der Waals surface area contributed by atoms with Crippen molar-refractivity contribution in [3.63, 3.8) is 0 Å². The maximum atomic E-state index is 10.9. The minimum Gasteiger partial charge on any atom is -0.377 e. The first-order chi connectivity index (χ1) is 7.47. The molecule has 0 aliphatic heterocycles. The van der Waals surface area contributed by atoms with E-state index in [1.807, 2.05) is 25.1 Å². The number of hydrogen-bond donors (Lipinski definition) is 0. The highest BCUT2D eigenvalue weighted by atomic mass is 32.2. The van der Waals surface area contributed by atoms with E-state index in [1.165, 1.54) is 11.8 Å². The van der Waals surface area contributed by atoms with Gasteiger partial charge in [0.15, 0.2) is 0 Å². The van der Waals surface area contributed by atoms with Gasteiger partial charge in [-0.15, -0.1) is 0 Å². The lowest BCUT2D eigenvalue weighted by Gasteiger charge is -2.04. The third kappa shape index (κ3) is 5.88. The Morgan fingerprint density at radius 1 is 1.31 bits per heavy atom. The predicted molar refractivity (Wildman–Crippen MR) is 65.2 cm³/mol. The van der Waals surface area contributed by atoms with Crippen LogP contribution in [0.5, 0.6) is 0 Å². The van der Waals surface area contributed by atoms with Crippen LogP contribution in [-0.2, 0) is 21.2 Å². The first kappa shape index (κ1) is 13.2. The van der Waals surface area contributed by atoms with Gasteiger partial charge in [0.25, 0.3) is 0 Å². The zero-order chi connectivity index (χ0) is 12.0. The number of aryl methyl sites for hydroxylation is 1. The molecule has 0 aromatic heterocycles. The van der Waals surface area contributed by atoms with Gasteiger partial charge < -0.3 is 4.74 Å². The van der Waals surface area contributed by atoms with Crippen LogP contribution in [0.2, 0.25) is 0 Å². The van der Waals surface area contributed by atoms with E-state index in [-0.39, 0.29) is 5.75 Å². The van der Waals surface area contributed by atoms with Crippen molar-refractivity contribution in [3.8, 4) is 0 Å². The van der Waals surface area contributed by atoms with Crippen LogP contribution in [0.4, 0.5) is 0 Å². The minimum atomic E-state index is -2.86. The molecule has 0 N–H and O–H groups in total. The fourth-order valence-corrected chi connectivity index (χ4v) is 2.06. The molecule has 0 unspecified atom stereocenters. The molecule has 0 radical (unpaired) electrons. The van der Waals surface area contributed by atoms with E-state index in [2.05, 4.69) is 6.07 Å². The third-order valence-corrected chi connectivity index (χ3v) is 3.19. The van der Waals surface area contributed by atoms with Gasteiger partial charge >= 0.3 is 0 Å². The molecule has 0 atom stereocenters.